The summed E-state index contributed by atoms with van der Waals surface area (Å²) in [4.78, 5) is 29.2. The molecule has 0 spiro atoms. The molecule has 1 heterocycles. The number of carbonyl (C=O) groups is 2. The molecule has 1 aromatic carbocycles. The zero-order chi connectivity index (χ0) is 18.6. The highest BCUT2D eigenvalue weighted by molar-refractivity contribution is 8.00. The number of halogens is 1. The third-order valence-corrected chi connectivity index (χ3v) is 5.71. The minimum Gasteiger partial charge on any atom is -0.353 e. The molecule has 25 heavy (non-hydrogen) atoms. The van der Waals surface area contributed by atoms with Crippen LogP contribution >= 0.6 is 11.8 Å². The maximum atomic E-state index is 13.1. The van der Waals surface area contributed by atoms with Gasteiger partial charge >= 0.3 is 0 Å². The van der Waals surface area contributed by atoms with Crippen molar-refractivity contribution in [3.8, 4) is 0 Å². The lowest BCUT2D eigenvalue weighted by molar-refractivity contribution is -0.125. The Morgan fingerprint density at radius 3 is 2.52 bits per heavy atom. The molecule has 0 aromatic heterocycles. The lowest BCUT2D eigenvalue weighted by atomic mass is 10.1. The van der Waals surface area contributed by atoms with Crippen LogP contribution in [0, 0.1) is 11.7 Å². The number of carbonyl (C=O) groups excluding carboxylic acids is 2. The molecular formula is C18H26FN3O2S. The topological polar surface area (TPSA) is 52.7 Å². The van der Waals surface area contributed by atoms with Gasteiger partial charge < -0.3 is 15.1 Å². The SMILES string of the molecule is CC(C)[C@H]1SC[C@@H](C(=O)NCCN(C)C)N1C(=O)c1ccc(F)cc1. The summed E-state index contributed by atoms with van der Waals surface area (Å²) in [6.07, 6.45) is 0. The Morgan fingerprint density at radius 2 is 1.96 bits per heavy atom. The number of hydrogen-bond donors (Lipinski definition) is 1. The second-order valence-electron chi connectivity index (χ2n) is 6.80. The molecule has 5 nitrogen and oxygen atoms in total. The van der Waals surface area contributed by atoms with Gasteiger partial charge in [-0.2, -0.15) is 0 Å². The van der Waals surface area contributed by atoms with Crippen molar-refractivity contribution in [1.29, 1.82) is 0 Å². The van der Waals surface area contributed by atoms with Gasteiger partial charge in [-0.1, -0.05) is 13.8 Å². The average molecular weight is 367 g/mol. The molecule has 138 valence electrons. The summed E-state index contributed by atoms with van der Waals surface area (Å²) in [6.45, 7) is 5.35. The van der Waals surface area contributed by atoms with E-state index in [1.165, 1.54) is 24.3 Å². The van der Waals surface area contributed by atoms with E-state index >= 15 is 0 Å². The van der Waals surface area contributed by atoms with Gasteiger partial charge in [0.25, 0.3) is 5.91 Å². The van der Waals surface area contributed by atoms with E-state index in [-0.39, 0.29) is 28.9 Å². The molecule has 1 saturated heterocycles. The fourth-order valence-electron chi connectivity index (χ4n) is 2.76. The van der Waals surface area contributed by atoms with Crippen LogP contribution in [0.25, 0.3) is 0 Å². The minimum atomic E-state index is -0.503. The Morgan fingerprint density at radius 1 is 1.32 bits per heavy atom. The van der Waals surface area contributed by atoms with Crippen molar-refractivity contribution in [2.24, 2.45) is 5.92 Å². The van der Waals surface area contributed by atoms with Crippen LogP contribution in [-0.4, -0.2) is 66.0 Å². The Hall–Kier alpha value is -1.60. The second-order valence-corrected chi connectivity index (χ2v) is 7.95. The largest absolute Gasteiger partial charge is 0.353 e. The summed E-state index contributed by atoms with van der Waals surface area (Å²) >= 11 is 1.62. The highest BCUT2D eigenvalue weighted by atomic mass is 32.2. The third kappa shape index (κ3) is 4.95. The molecule has 0 bridgehead atoms. The van der Waals surface area contributed by atoms with Gasteiger partial charge in [-0.3, -0.25) is 9.59 Å². The highest BCUT2D eigenvalue weighted by Gasteiger charge is 2.42. The summed E-state index contributed by atoms with van der Waals surface area (Å²) < 4.78 is 13.1. The van der Waals surface area contributed by atoms with Crippen LogP contribution in [0.2, 0.25) is 0 Å². The number of benzene rings is 1. The molecule has 2 rings (SSSR count). The Balaban J connectivity index is 2.16. The maximum absolute atomic E-state index is 13.1. The van der Waals surface area contributed by atoms with E-state index in [9.17, 15) is 14.0 Å². The van der Waals surface area contributed by atoms with E-state index < -0.39 is 6.04 Å². The quantitative estimate of drug-likeness (QED) is 0.836. The number of rotatable bonds is 6. The van der Waals surface area contributed by atoms with Crippen molar-refractivity contribution in [2.75, 3.05) is 32.9 Å². The fourth-order valence-corrected chi connectivity index (χ4v) is 4.24. The van der Waals surface area contributed by atoms with Crippen molar-refractivity contribution in [3.63, 3.8) is 0 Å². The van der Waals surface area contributed by atoms with Gasteiger partial charge in [0.2, 0.25) is 5.91 Å². The van der Waals surface area contributed by atoms with Crippen LogP contribution in [0.15, 0.2) is 24.3 Å². The molecule has 1 aliphatic rings. The van der Waals surface area contributed by atoms with E-state index in [1.54, 1.807) is 16.7 Å². The van der Waals surface area contributed by atoms with Crippen molar-refractivity contribution >= 4 is 23.6 Å². The number of nitrogens with zero attached hydrogens (tertiary/aromatic N) is 2. The van der Waals surface area contributed by atoms with Gasteiger partial charge in [-0.25, -0.2) is 4.39 Å². The van der Waals surface area contributed by atoms with Crippen LogP contribution in [0.5, 0.6) is 0 Å². The third-order valence-electron chi connectivity index (χ3n) is 4.09. The van der Waals surface area contributed by atoms with Gasteiger partial charge in [-0.05, 0) is 44.3 Å². The predicted molar refractivity (Wildman–Crippen MR) is 99.0 cm³/mol. The van der Waals surface area contributed by atoms with Crippen LogP contribution in [0.4, 0.5) is 4.39 Å². The maximum Gasteiger partial charge on any atom is 0.255 e. The van der Waals surface area contributed by atoms with Crippen molar-refractivity contribution < 1.29 is 14.0 Å². The number of nitrogens with one attached hydrogen (secondary N) is 1. The zero-order valence-electron chi connectivity index (χ0n) is 15.2. The molecule has 1 aliphatic heterocycles. The van der Waals surface area contributed by atoms with E-state index in [0.717, 1.165) is 6.54 Å². The predicted octanol–water partition coefficient (Wildman–Crippen LogP) is 2.04. The van der Waals surface area contributed by atoms with Crippen molar-refractivity contribution in [2.45, 2.75) is 25.3 Å². The fraction of sp³-hybridized carbons (Fsp3) is 0.556. The first-order valence-corrected chi connectivity index (χ1v) is 9.48. The summed E-state index contributed by atoms with van der Waals surface area (Å²) in [5.74, 6) is 0.0490. The van der Waals surface area contributed by atoms with Gasteiger partial charge in [0.1, 0.15) is 11.9 Å². The smallest absolute Gasteiger partial charge is 0.255 e. The van der Waals surface area contributed by atoms with E-state index in [4.69, 9.17) is 0 Å². The molecule has 0 saturated carbocycles. The lowest BCUT2D eigenvalue weighted by Gasteiger charge is -2.31. The number of hydrogen-bond acceptors (Lipinski definition) is 4. The van der Waals surface area contributed by atoms with Crippen LogP contribution < -0.4 is 5.32 Å². The molecular weight excluding hydrogens is 341 g/mol. The number of amides is 2. The average Bonchev–Trinajstić information content (AvgIpc) is 2.99. The van der Waals surface area contributed by atoms with Crippen LogP contribution in [0.1, 0.15) is 24.2 Å². The van der Waals surface area contributed by atoms with Gasteiger partial charge in [0.05, 0.1) is 5.37 Å². The van der Waals surface area contributed by atoms with E-state index in [0.29, 0.717) is 17.9 Å². The van der Waals surface area contributed by atoms with Gasteiger partial charge in [0, 0.05) is 24.4 Å². The van der Waals surface area contributed by atoms with Crippen molar-refractivity contribution in [1.82, 2.24) is 15.1 Å². The van der Waals surface area contributed by atoms with Crippen LogP contribution in [0.3, 0.4) is 0 Å². The zero-order valence-corrected chi connectivity index (χ0v) is 16.0. The lowest BCUT2D eigenvalue weighted by Crippen LogP contribution is -2.51. The molecule has 0 aliphatic carbocycles. The minimum absolute atomic E-state index is 0.0675. The normalized spacial score (nSPS) is 20.4. The van der Waals surface area contributed by atoms with E-state index in [2.05, 4.69) is 5.32 Å². The first-order chi connectivity index (χ1) is 11.8. The molecule has 0 radical (unpaired) electrons. The Labute approximate surface area is 152 Å². The number of likely N-dealkylation sites (N-methyl/N-ethyl adjacent to an activating group) is 1. The Bertz CT molecular complexity index is 607. The first kappa shape index (κ1) is 19.7. The van der Waals surface area contributed by atoms with Crippen LogP contribution in [-0.2, 0) is 4.79 Å². The molecule has 7 heteroatoms. The standard InChI is InChI=1S/C18H26FN3O2S/c1-12(2)18-22(17(24)13-5-7-14(19)8-6-13)15(11-25-18)16(23)20-9-10-21(3)4/h5-8,12,15,18H,9-11H2,1-4H3,(H,20,23)/t15-,18+/m0/s1. The van der Waals surface area contributed by atoms with Crippen molar-refractivity contribution in [3.05, 3.63) is 35.6 Å². The molecule has 1 fully saturated rings. The second kappa shape index (κ2) is 8.67. The molecule has 0 unspecified atom stereocenters. The monoisotopic (exact) mass is 367 g/mol. The molecule has 1 aromatic rings. The molecule has 2 atom stereocenters. The summed E-state index contributed by atoms with van der Waals surface area (Å²) in [7, 11) is 3.88. The first-order valence-electron chi connectivity index (χ1n) is 8.43. The van der Waals surface area contributed by atoms with Gasteiger partial charge in [0.15, 0.2) is 0 Å². The summed E-state index contributed by atoms with van der Waals surface area (Å²) in [5, 5.41) is 2.85. The van der Waals surface area contributed by atoms with Gasteiger partial charge in [-0.15, -0.1) is 11.8 Å². The number of thioether (sulfide) groups is 1. The summed E-state index contributed by atoms with van der Waals surface area (Å²) in [5.41, 5.74) is 0.403. The van der Waals surface area contributed by atoms with E-state index in [1.807, 2.05) is 32.8 Å². The Kier molecular flexibility index (Phi) is 6.84. The molecule has 1 N–H and O–H groups in total. The summed E-state index contributed by atoms with van der Waals surface area (Å²) in [6, 6.07) is 4.98. The highest BCUT2D eigenvalue weighted by Crippen LogP contribution is 2.35. The molecule has 2 amide bonds.